The van der Waals surface area contributed by atoms with E-state index in [1.807, 2.05) is 24.3 Å². The molecule has 2 aromatic carbocycles. The summed E-state index contributed by atoms with van der Waals surface area (Å²) in [7, 11) is 0. The van der Waals surface area contributed by atoms with Crippen LogP contribution in [0.3, 0.4) is 0 Å². The fourth-order valence-corrected chi connectivity index (χ4v) is 3.13. The van der Waals surface area contributed by atoms with Crippen molar-refractivity contribution in [2.24, 2.45) is 0 Å². The van der Waals surface area contributed by atoms with Gasteiger partial charge in [-0.25, -0.2) is 4.79 Å². The van der Waals surface area contributed by atoms with Crippen LogP contribution in [-0.4, -0.2) is 36.7 Å². The van der Waals surface area contributed by atoms with E-state index in [1.165, 1.54) is 31.4 Å². The number of ether oxygens (including phenoxy) is 1. The lowest BCUT2D eigenvalue weighted by Crippen LogP contribution is -2.29. The van der Waals surface area contributed by atoms with Gasteiger partial charge in [-0.15, -0.1) is 0 Å². The first kappa shape index (κ1) is 18.8. The molecule has 1 aliphatic heterocycles. The molecule has 0 spiro atoms. The highest BCUT2D eigenvalue weighted by Gasteiger charge is 2.15. The number of nitrogens with zero attached hydrogens (tertiary/aromatic N) is 1. The summed E-state index contributed by atoms with van der Waals surface area (Å²) in [6, 6.07) is 12.3. The highest BCUT2D eigenvalue weighted by Crippen LogP contribution is 2.22. The molecule has 2 aromatic rings. The fraction of sp³-hybridized carbons (Fsp3) is 0.333. The van der Waals surface area contributed by atoms with Crippen LogP contribution >= 0.6 is 0 Å². The van der Waals surface area contributed by atoms with Gasteiger partial charge in [0.05, 0.1) is 0 Å². The summed E-state index contributed by atoms with van der Waals surface area (Å²) in [5, 5.41) is 12.4. The average molecular weight is 368 g/mol. The first-order valence-electron chi connectivity index (χ1n) is 9.14. The molecule has 0 aromatic heterocycles. The molecule has 6 nitrogen and oxygen atoms in total. The third kappa shape index (κ3) is 5.00. The quantitative estimate of drug-likeness (QED) is 0.790. The number of hydrogen-bond acceptors (Lipinski definition) is 5. The van der Waals surface area contributed by atoms with Gasteiger partial charge in [-0.2, -0.15) is 0 Å². The molecular weight excluding hydrogens is 344 g/mol. The smallest absolute Gasteiger partial charge is 0.342 e. The largest absolute Gasteiger partial charge is 0.507 e. The van der Waals surface area contributed by atoms with E-state index in [2.05, 4.69) is 10.2 Å². The van der Waals surface area contributed by atoms with Crippen molar-refractivity contribution in [2.75, 3.05) is 29.9 Å². The molecule has 0 saturated carbocycles. The van der Waals surface area contributed by atoms with E-state index < -0.39 is 18.5 Å². The molecule has 0 unspecified atom stereocenters. The molecule has 2 N–H and O–H groups in total. The minimum atomic E-state index is -0.730. The number of hydrogen-bond donors (Lipinski definition) is 2. The topological polar surface area (TPSA) is 78.9 Å². The van der Waals surface area contributed by atoms with Crippen LogP contribution in [0.25, 0.3) is 0 Å². The Balaban J connectivity index is 1.51. The minimum absolute atomic E-state index is 0.0497. The molecule has 0 atom stereocenters. The molecule has 6 heteroatoms. The second-order valence-electron chi connectivity index (χ2n) is 6.74. The summed E-state index contributed by atoms with van der Waals surface area (Å²) in [6.07, 6.45) is 3.70. The van der Waals surface area contributed by atoms with E-state index in [1.54, 1.807) is 13.0 Å². The Bertz CT molecular complexity index is 811. The van der Waals surface area contributed by atoms with Crippen LogP contribution in [0.2, 0.25) is 0 Å². The Kier molecular flexibility index (Phi) is 5.96. The minimum Gasteiger partial charge on any atom is -0.507 e. The number of esters is 1. The molecule has 1 heterocycles. The Hall–Kier alpha value is -3.02. The third-order valence-corrected chi connectivity index (χ3v) is 4.58. The molecule has 3 rings (SSSR count). The maximum atomic E-state index is 12.0. The van der Waals surface area contributed by atoms with Gasteiger partial charge in [0.25, 0.3) is 5.91 Å². The number of nitrogens with one attached hydrogen (secondary N) is 1. The number of aromatic hydroxyl groups is 1. The normalized spacial score (nSPS) is 13.9. The first-order valence-corrected chi connectivity index (χ1v) is 9.14. The van der Waals surface area contributed by atoms with Gasteiger partial charge >= 0.3 is 5.97 Å². The van der Waals surface area contributed by atoms with Crippen molar-refractivity contribution in [3.63, 3.8) is 0 Å². The Morgan fingerprint density at radius 3 is 2.48 bits per heavy atom. The molecule has 27 heavy (non-hydrogen) atoms. The molecule has 1 saturated heterocycles. The van der Waals surface area contributed by atoms with Crippen molar-refractivity contribution in [1.82, 2.24) is 0 Å². The van der Waals surface area contributed by atoms with Crippen molar-refractivity contribution >= 4 is 23.3 Å². The molecule has 1 aliphatic rings. The Labute approximate surface area is 158 Å². The number of piperidine rings is 1. The van der Waals surface area contributed by atoms with E-state index >= 15 is 0 Å². The van der Waals surface area contributed by atoms with Crippen molar-refractivity contribution in [2.45, 2.75) is 26.2 Å². The highest BCUT2D eigenvalue weighted by molar-refractivity contribution is 5.96. The van der Waals surface area contributed by atoms with Gasteiger partial charge in [-0.1, -0.05) is 11.6 Å². The fourth-order valence-electron chi connectivity index (χ4n) is 3.13. The lowest BCUT2D eigenvalue weighted by molar-refractivity contribution is -0.119. The second kappa shape index (κ2) is 8.58. The van der Waals surface area contributed by atoms with Gasteiger partial charge < -0.3 is 20.1 Å². The number of carbonyl (C=O) groups excluding carboxylic acids is 2. The van der Waals surface area contributed by atoms with Gasteiger partial charge in [-0.05, 0) is 62.6 Å². The van der Waals surface area contributed by atoms with E-state index in [0.717, 1.165) is 24.3 Å². The zero-order valence-electron chi connectivity index (χ0n) is 15.4. The maximum Gasteiger partial charge on any atom is 0.342 e. The van der Waals surface area contributed by atoms with Crippen molar-refractivity contribution in [3.8, 4) is 5.75 Å². The molecule has 0 aliphatic carbocycles. The van der Waals surface area contributed by atoms with Gasteiger partial charge in [0, 0.05) is 24.5 Å². The molecule has 1 fully saturated rings. The number of carbonyl (C=O) groups is 2. The summed E-state index contributed by atoms with van der Waals surface area (Å²) < 4.78 is 5.00. The Morgan fingerprint density at radius 2 is 1.78 bits per heavy atom. The van der Waals surface area contributed by atoms with Gasteiger partial charge in [0.1, 0.15) is 11.3 Å². The highest BCUT2D eigenvalue weighted by atomic mass is 16.5. The van der Waals surface area contributed by atoms with Gasteiger partial charge in [0.15, 0.2) is 6.61 Å². The van der Waals surface area contributed by atoms with Crippen LogP contribution < -0.4 is 10.2 Å². The van der Waals surface area contributed by atoms with Crippen LogP contribution in [0.5, 0.6) is 5.75 Å². The average Bonchev–Trinajstić information content (AvgIpc) is 2.69. The van der Waals surface area contributed by atoms with Crippen molar-refractivity contribution in [3.05, 3.63) is 53.6 Å². The molecular formula is C21H24N2O4. The third-order valence-electron chi connectivity index (χ3n) is 4.58. The summed E-state index contributed by atoms with van der Waals surface area (Å²) in [4.78, 5) is 26.4. The standard InChI is InChI=1S/C21H24N2O4/c1-15-5-10-19(24)18(13-15)21(26)27-14-20(25)22-16-6-8-17(9-7-16)23-11-3-2-4-12-23/h5-10,13,24H,2-4,11-12,14H2,1H3,(H,22,25). The van der Waals surface area contributed by atoms with Crippen LogP contribution in [0, 0.1) is 6.92 Å². The number of rotatable bonds is 5. The van der Waals surface area contributed by atoms with Crippen LogP contribution in [0.15, 0.2) is 42.5 Å². The number of phenols is 1. The summed E-state index contributed by atoms with van der Waals surface area (Å²) in [6.45, 7) is 3.51. The zero-order chi connectivity index (χ0) is 19.2. The number of amides is 1. The number of benzene rings is 2. The summed E-state index contributed by atoms with van der Waals surface area (Å²) in [5.74, 6) is -1.33. The van der Waals surface area contributed by atoms with Crippen LogP contribution in [0.4, 0.5) is 11.4 Å². The predicted molar refractivity (Wildman–Crippen MR) is 104 cm³/mol. The summed E-state index contributed by atoms with van der Waals surface area (Å²) >= 11 is 0. The first-order chi connectivity index (χ1) is 13.0. The van der Waals surface area contributed by atoms with Gasteiger partial charge in [0.2, 0.25) is 0 Å². The zero-order valence-corrected chi connectivity index (χ0v) is 15.4. The van der Waals surface area contributed by atoms with E-state index in [0.29, 0.717) is 5.69 Å². The molecule has 1 amide bonds. The van der Waals surface area contributed by atoms with Crippen molar-refractivity contribution in [1.29, 1.82) is 0 Å². The van der Waals surface area contributed by atoms with Crippen molar-refractivity contribution < 1.29 is 19.4 Å². The number of anilines is 2. The Morgan fingerprint density at radius 1 is 1.07 bits per heavy atom. The van der Waals surface area contributed by atoms with Gasteiger partial charge in [-0.3, -0.25) is 4.79 Å². The SMILES string of the molecule is Cc1ccc(O)c(C(=O)OCC(=O)Nc2ccc(N3CCCCC3)cc2)c1. The van der Waals surface area contributed by atoms with Crippen LogP contribution in [0.1, 0.15) is 35.2 Å². The number of phenolic OH excluding ortho intramolecular Hbond substituents is 1. The molecule has 142 valence electrons. The lowest BCUT2D eigenvalue weighted by atomic mass is 10.1. The monoisotopic (exact) mass is 368 g/mol. The van der Waals surface area contributed by atoms with E-state index in [9.17, 15) is 14.7 Å². The maximum absolute atomic E-state index is 12.0. The molecule has 0 radical (unpaired) electrons. The lowest BCUT2D eigenvalue weighted by Gasteiger charge is -2.28. The summed E-state index contributed by atoms with van der Waals surface area (Å²) in [5.41, 5.74) is 2.66. The predicted octanol–water partition coefficient (Wildman–Crippen LogP) is 3.49. The van der Waals surface area contributed by atoms with Crippen LogP contribution in [-0.2, 0) is 9.53 Å². The van der Waals surface area contributed by atoms with E-state index in [-0.39, 0.29) is 11.3 Å². The molecule has 0 bridgehead atoms. The number of aryl methyl sites for hydroxylation is 1. The van der Waals surface area contributed by atoms with E-state index in [4.69, 9.17) is 4.74 Å². The second-order valence-corrected chi connectivity index (χ2v) is 6.74.